The first-order chi connectivity index (χ1) is 24.0. The van der Waals surface area contributed by atoms with Gasteiger partial charge >= 0.3 is 18.0 Å². The van der Waals surface area contributed by atoms with E-state index in [-0.39, 0.29) is 50.5 Å². The summed E-state index contributed by atoms with van der Waals surface area (Å²) in [6, 6.07) is 22.8. The Morgan fingerprint density at radius 1 is 0.940 bits per heavy atom. The van der Waals surface area contributed by atoms with E-state index in [2.05, 4.69) is 15.5 Å². The number of rotatable bonds is 12. The molecule has 0 aromatic heterocycles. The smallest absolute Gasteiger partial charge is 0.325 e. The van der Waals surface area contributed by atoms with Crippen molar-refractivity contribution in [2.75, 3.05) is 26.2 Å². The third-order valence-corrected chi connectivity index (χ3v) is 8.74. The Labute approximate surface area is 294 Å². The molecule has 2 heterocycles. The largest absolute Gasteiger partial charge is 0.465 e. The summed E-state index contributed by atoms with van der Waals surface area (Å²) < 4.78 is 23.8. The highest BCUT2D eigenvalue weighted by Crippen LogP contribution is 2.39. The molecule has 268 valence electrons. The summed E-state index contributed by atoms with van der Waals surface area (Å²) in [5.41, 5.74) is 4.95. The Kier molecular flexibility index (Phi) is 12.6. The number of aliphatic hydroxyl groups is 1. The zero-order chi connectivity index (χ0) is 35.7. The van der Waals surface area contributed by atoms with E-state index >= 15 is 0 Å². The first-order valence-corrected chi connectivity index (χ1v) is 17.4. The second kappa shape index (κ2) is 17.1. The Morgan fingerprint density at radius 3 is 2.36 bits per heavy atom. The van der Waals surface area contributed by atoms with E-state index in [0.29, 0.717) is 13.0 Å². The lowest BCUT2D eigenvalue weighted by atomic mass is 9.97. The molecule has 4 unspecified atom stereocenters. The van der Waals surface area contributed by atoms with Crippen molar-refractivity contribution in [2.24, 2.45) is 0 Å². The third-order valence-electron chi connectivity index (χ3n) is 8.74. The predicted molar refractivity (Wildman–Crippen MR) is 188 cm³/mol. The molecule has 11 nitrogen and oxygen atoms in total. The quantitative estimate of drug-likeness (QED) is 0.209. The van der Waals surface area contributed by atoms with Crippen LogP contribution < -0.4 is 10.6 Å². The van der Waals surface area contributed by atoms with Gasteiger partial charge in [-0.2, -0.15) is 0 Å². The summed E-state index contributed by atoms with van der Waals surface area (Å²) >= 11 is 0. The van der Waals surface area contributed by atoms with Gasteiger partial charge in [-0.1, -0.05) is 72.8 Å². The highest BCUT2D eigenvalue weighted by molar-refractivity contribution is 5.81. The molecule has 0 saturated carbocycles. The molecule has 3 N–H and O–H groups in total. The van der Waals surface area contributed by atoms with Crippen molar-refractivity contribution in [3.63, 3.8) is 0 Å². The zero-order valence-electron chi connectivity index (χ0n) is 29.4. The van der Waals surface area contributed by atoms with E-state index in [0.717, 1.165) is 52.8 Å². The van der Waals surface area contributed by atoms with Crippen LogP contribution in [0.25, 0.3) is 11.1 Å². The number of urea groups is 1. The third kappa shape index (κ3) is 10.1. The first kappa shape index (κ1) is 37.0. The molecule has 0 spiro atoms. The minimum absolute atomic E-state index is 0.0323. The summed E-state index contributed by atoms with van der Waals surface area (Å²) in [5.74, 6) is -0.689. The van der Waals surface area contributed by atoms with E-state index in [1.807, 2.05) is 93.6 Å². The van der Waals surface area contributed by atoms with Gasteiger partial charge in [-0.25, -0.2) is 4.79 Å². The lowest BCUT2D eigenvalue weighted by Crippen LogP contribution is -2.45. The summed E-state index contributed by atoms with van der Waals surface area (Å²) in [5, 5.41) is 14.9. The SMILES string of the molecule is CCOC(=O)CNC(=O)NCc1ccccc1-c1ccc(C2OC(CN3CCCC3C(=O)OC(C)(C)C)CC(c3ccc(CO)cc3)O2)cc1. The lowest BCUT2D eigenvalue weighted by Gasteiger charge is -2.38. The summed E-state index contributed by atoms with van der Waals surface area (Å²) in [6.07, 6.45) is 1.17. The van der Waals surface area contributed by atoms with Crippen LogP contribution in [0.1, 0.15) is 81.6 Å². The van der Waals surface area contributed by atoms with Gasteiger partial charge in [0.2, 0.25) is 0 Å². The summed E-state index contributed by atoms with van der Waals surface area (Å²) in [4.78, 5) is 39.1. The van der Waals surface area contributed by atoms with Crippen LogP contribution in [-0.2, 0) is 41.7 Å². The molecule has 2 amide bonds. The van der Waals surface area contributed by atoms with Gasteiger partial charge in [0.15, 0.2) is 6.29 Å². The molecule has 0 radical (unpaired) electrons. The molecule has 2 aliphatic heterocycles. The van der Waals surface area contributed by atoms with Crippen molar-refractivity contribution in [1.29, 1.82) is 0 Å². The van der Waals surface area contributed by atoms with Crippen molar-refractivity contribution in [3.8, 4) is 11.1 Å². The Morgan fingerprint density at radius 2 is 1.66 bits per heavy atom. The molecular formula is C39H49N3O8. The molecule has 0 aliphatic carbocycles. The number of likely N-dealkylation sites (tertiary alicyclic amines) is 1. The second-order valence-corrected chi connectivity index (χ2v) is 13.7. The Bertz CT molecular complexity index is 1590. The number of esters is 2. The van der Waals surface area contributed by atoms with Gasteiger partial charge in [0.1, 0.15) is 18.2 Å². The van der Waals surface area contributed by atoms with Crippen LogP contribution in [0.4, 0.5) is 4.79 Å². The standard InChI is InChI=1S/C39H49N3O8/c1-5-47-35(44)23-41-38(46)40-22-30-9-6-7-10-32(30)27-16-18-29(19-17-27)37-48-31(21-34(49-37)28-14-12-26(25-43)13-15-28)24-42-20-8-11-33(42)36(45)50-39(2,3)4/h6-7,9-10,12-19,31,33-34,37,43H,5,8,11,20-25H2,1-4H3,(H2,40,41,46). The second-order valence-electron chi connectivity index (χ2n) is 13.7. The molecule has 3 aromatic carbocycles. The van der Waals surface area contributed by atoms with Gasteiger partial charge in [0.05, 0.1) is 25.4 Å². The zero-order valence-corrected chi connectivity index (χ0v) is 29.4. The van der Waals surface area contributed by atoms with Crippen molar-refractivity contribution in [1.82, 2.24) is 15.5 Å². The minimum Gasteiger partial charge on any atom is -0.465 e. The predicted octanol–water partition coefficient (Wildman–Crippen LogP) is 5.56. The monoisotopic (exact) mass is 687 g/mol. The molecule has 2 aliphatic rings. The average molecular weight is 688 g/mol. The van der Waals surface area contributed by atoms with Crippen molar-refractivity contribution in [3.05, 3.63) is 95.1 Å². The maximum atomic E-state index is 13.1. The molecule has 3 aromatic rings. The van der Waals surface area contributed by atoms with Gasteiger partial charge in [-0.15, -0.1) is 0 Å². The number of hydrogen-bond acceptors (Lipinski definition) is 9. The molecular weight excluding hydrogens is 638 g/mol. The van der Waals surface area contributed by atoms with Crippen molar-refractivity contribution in [2.45, 2.75) is 90.2 Å². The van der Waals surface area contributed by atoms with Gasteiger partial charge in [-0.3, -0.25) is 14.5 Å². The van der Waals surface area contributed by atoms with Crippen LogP contribution >= 0.6 is 0 Å². The van der Waals surface area contributed by atoms with Crippen LogP contribution in [0.15, 0.2) is 72.8 Å². The number of nitrogens with one attached hydrogen (secondary N) is 2. The Hall–Kier alpha value is -4.29. The van der Waals surface area contributed by atoms with Crippen LogP contribution in [-0.4, -0.2) is 72.0 Å². The fourth-order valence-corrected chi connectivity index (χ4v) is 6.35. The highest BCUT2D eigenvalue weighted by atomic mass is 16.7. The molecule has 2 fully saturated rings. The number of aliphatic hydroxyl groups excluding tert-OH is 1. The molecule has 11 heteroatoms. The van der Waals surface area contributed by atoms with Crippen LogP contribution in [0, 0.1) is 0 Å². The van der Waals surface area contributed by atoms with Gasteiger partial charge in [0.25, 0.3) is 0 Å². The van der Waals surface area contributed by atoms with Gasteiger partial charge in [-0.05, 0) is 74.9 Å². The number of carbonyl (C=O) groups is 3. The van der Waals surface area contributed by atoms with E-state index in [1.165, 1.54) is 0 Å². The first-order valence-electron chi connectivity index (χ1n) is 17.4. The number of benzene rings is 3. The van der Waals surface area contributed by atoms with Crippen molar-refractivity contribution < 1.29 is 38.4 Å². The minimum atomic E-state index is -0.645. The van der Waals surface area contributed by atoms with Crippen LogP contribution in [0.5, 0.6) is 0 Å². The van der Waals surface area contributed by atoms with Gasteiger partial charge in [0, 0.05) is 25.1 Å². The van der Waals surface area contributed by atoms with Crippen LogP contribution in [0.2, 0.25) is 0 Å². The Balaban J connectivity index is 1.30. The number of hydrogen-bond donors (Lipinski definition) is 3. The van der Waals surface area contributed by atoms with E-state index in [4.69, 9.17) is 18.9 Å². The van der Waals surface area contributed by atoms with Crippen molar-refractivity contribution >= 4 is 18.0 Å². The number of carbonyl (C=O) groups excluding carboxylic acids is 3. The van der Waals surface area contributed by atoms with E-state index in [9.17, 15) is 19.5 Å². The van der Waals surface area contributed by atoms with E-state index < -0.39 is 23.9 Å². The average Bonchev–Trinajstić information content (AvgIpc) is 3.57. The number of ether oxygens (including phenoxy) is 4. The highest BCUT2D eigenvalue weighted by Gasteiger charge is 2.39. The van der Waals surface area contributed by atoms with Gasteiger partial charge < -0.3 is 34.7 Å². The summed E-state index contributed by atoms with van der Waals surface area (Å²) in [7, 11) is 0. The maximum absolute atomic E-state index is 13.1. The molecule has 4 atom stereocenters. The number of amides is 2. The topological polar surface area (TPSA) is 136 Å². The molecule has 2 saturated heterocycles. The molecule has 50 heavy (non-hydrogen) atoms. The summed E-state index contributed by atoms with van der Waals surface area (Å²) in [6.45, 7) is 9.02. The molecule has 0 bridgehead atoms. The number of nitrogens with zero attached hydrogens (tertiary/aromatic N) is 1. The molecule has 5 rings (SSSR count). The normalized spacial score (nSPS) is 21.0. The fourth-order valence-electron chi connectivity index (χ4n) is 6.35. The lowest BCUT2D eigenvalue weighted by molar-refractivity contribution is -0.253. The van der Waals surface area contributed by atoms with Crippen LogP contribution in [0.3, 0.4) is 0 Å². The maximum Gasteiger partial charge on any atom is 0.325 e. The fraction of sp³-hybridized carbons (Fsp3) is 0.462. The van der Waals surface area contributed by atoms with E-state index in [1.54, 1.807) is 6.92 Å².